The van der Waals surface area contributed by atoms with Gasteiger partial charge in [0.25, 0.3) is 0 Å². The second kappa shape index (κ2) is 6.96. The minimum atomic E-state index is -0.507. The minimum absolute atomic E-state index is 0.108. The van der Waals surface area contributed by atoms with Crippen molar-refractivity contribution in [1.82, 2.24) is 14.5 Å². The lowest BCUT2D eigenvalue weighted by Gasteiger charge is -2.35. The largest absolute Gasteiger partial charge is 0.359 e. The Labute approximate surface area is 181 Å². The third-order valence-corrected chi connectivity index (χ3v) is 6.65. The van der Waals surface area contributed by atoms with Crippen molar-refractivity contribution in [2.75, 3.05) is 13.3 Å². The molecule has 2 aliphatic rings. The first-order valence-electron chi connectivity index (χ1n) is 10.2. The van der Waals surface area contributed by atoms with E-state index < -0.39 is 5.54 Å². The number of carbonyl (C=O) groups is 1. The van der Waals surface area contributed by atoms with E-state index in [1.807, 2.05) is 49.3 Å². The van der Waals surface area contributed by atoms with Gasteiger partial charge in [-0.1, -0.05) is 48.0 Å². The maximum Gasteiger partial charge on any atom is 0.225 e. The van der Waals surface area contributed by atoms with Crippen molar-refractivity contribution in [3.8, 4) is 11.4 Å². The summed E-state index contributed by atoms with van der Waals surface area (Å²) in [6.07, 6.45) is 4.87. The molecule has 2 aromatic carbocycles. The summed E-state index contributed by atoms with van der Waals surface area (Å²) in [6, 6.07) is 16.3. The van der Waals surface area contributed by atoms with Crippen LogP contribution in [-0.4, -0.2) is 39.2 Å². The van der Waals surface area contributed by atoms with Gasteiger partial charge in [-0.3, -0.25) is 4.79 Å². The summed E-state index contributed by atoms with van der Waals surface area (Å²) in [5, 5.41) is 0.693. The molecule has 0 bridgehead atoms. The molecule has 1 fully saturated rings. The summed E-state index contributed by atoms with van der Waals surface area (Å²) in [5.41, 5.74) is 2.58. The molecule has 0 aliphatic carbocycles. The van der Waals surface area contributed by atoms with Crippen molar-refractivity contribution in [1.29, 1.82) is 0 Å². The van der Waals surface area contributed by atoms with E-state index in [2.05, 4.69) is 39.9 Å². The summed E-state index contributed by atoms with van der Waals surface area (Å²) in [7, 11) is 0. The molecule has 1 amide bonds. The van der Waals surface area contributed by atoms with Crippen LogP contribution in [-0.2, 0) is 15.1 Å². The monoisotopic (exact) mass is 421 g/mol. The van der Waals surface area contributed by atoms with Crippen molar-refractivity contribution in [2.45, 2.75) is 37.8 Å². The van der Waals surface area contributed by atoms with E-state index in [-0.39, 0.29) is 11.4 Å². The standard InChI is InChI=1S/C24H24ClN3O2/c1-23(2)15-30-16-28(23)21(29)11-12-24(17-7-9-18(25)10-8-17)20-6-4-3-5-19(20)22-26-13-14-27(22)24/h3-10,13-14H,11-12,15-16H2,1-2H3. The Bertz CT molecular complexity index is 1110. The molecule has 1 aromatic heterocycles. The van der Waals surface area contributed by atoms with Crippen LogP contribution in [0.1, 0.15) is 37.8 Å². The van der Waals surface area contributed by atoms with Gasteiger partial charge in [0.1, 0.15) is 12.6 Å². The third-order valence-electron chi connectivity index (χ3n) is 6.40. The highest BCUT2D eigenvalue weighted by molar-refractivity contribution is 6.30. The summed E-state index contributed by atoms with van der Waals surface area (Å²) < 4.78 is 7.77. The molecule has 0 radical (unpaired) electrons. The molecule has 3 aromatic rings. The lowest BCUT2D eigenvalue weighted by Crippen LogP contribution is -2.45. The Morgan fingerprint density at radius 1 is 1.17 bits per heavy atom. The number of carbonyl (C=O) groups excluding carboxylic acids is 1. The first-order valence-corrected chi connectivity index (χ1v) is 10.6. The molecule has 3 heterocycles. The van der Waals surface area contributed by atoms with Gasteiger partial charge in [0, 0.05) is 29.4 Å². The Morgan fingerprint density at radius 3 is 2.67 bits per heavy atom. The second-order valence-electron chi connectivity index (χ2n) is 8.65. The van der Waals surface area contributed by atoms with Gasteiger partial charge in [-0.2, -0.15) is 0 Å². The number of rotatable bonds is 4. The summed E-state index contributed by atoms with van der Waals surface area (Å²) in [6.45, 7) is 5.01. The fraction of sp³-hybridized carbons (Fsp3) is 0.333. The van der Waals surface area contributed by atoms with Gasteiger partial charge in [0.05, 0.1) is 17.7 Å². The average molecular weight is 422 g/mol. The van der Waals surface area contributed by atoms with E-state index in [9.17, 15) is 4.79 Å². The smallest absolute Gasteiger partial charge is 0.225 e. The van der Waals surface area contributed by atoms with E-state index >= 15 is 0 Å². The first-order chi connectivity index (χ1) is 14.4. The lowest BCUT2D eigenvalue weighted by molar-refractivity contribution is -0.135. The molecular weight excluding hydrogens is 398 g/mol. The molecule has 0 N–H and O–H groups in total. The van der Waals surface area contributed by atoms with Crippen molar-refractivity contribution in [3.05, 3.63) is 77.1 Å². The summed E-state index contributed by atoms with van der Waals surface area (Å²) >= 11 is 6.19. The maximum atomic E-state index is 13.2. The number of halogens is 1. The highest BCUT2D eigenvalue weighted by atomic mass is 35.5. The Morgan fingerprint density at radius 2 is 1.93 bits per heavy atom. The normalized spacial score (nSPS) is 21.5. The van der Waals surface area contributed by atoms with Crippen LogP contribution in [0.3, 0.4) is 0 Å². The Kier molecular flexibility index (Phi) is 4.49. The Hall–Kier alpha value is -2.63. The number of hydrogen-bond acceptors (Lipinski definition) is 3. The Balaban J connectivity index is 1.59. The third kappa shape index (κ3) is 2.80. The zero-order chi connectivity index (χ0) is 20.9. The van der Waals surface area contributed by atoms with E-state index in [4.69, 9.17) is 16.3 Å². The van der Waals surface area contributed by atoms with Crippen LogP contribution >= 0.6 is 11.6 Å². The lowest BCUT2D eigenvalue weighted by atomic mass is 9.79. The van der Waals surface area contributed by atoms with Crippen LogP contribution < -0.4 is 0 Å². The van der Waals surface area contributed by atoms with Crippen molar-refractivity contribution < 1.29 is 9.53 Å². The summed E-state index contributed by atoms with van der Waals surface area (Å²) in [4.78, 5) is 19.7. The molecule has 1 atom stereocenters. The van der Waals surface area contributed by atoms with E-state index in [0.717, 1.165) is 17.0 Å². The van der Waals surface area contributed by atoms with Crippen LogP contribution in [0.15, 0.2) is 60.9 Å². The van der Waals surface area contributed by atoms with Crippen LogP contribution in [0.2, 0.25) is 5.02 Å². The van der Waals surface area contributed by atoms with Gasteiger partial charge in [0.15, 0.2) is 0 Å². The number of nitrogens with zero attached hydrogens (tertiary/aromatic N) is 3. The molecule has 5 nitrogen and oxygen atoms in total. The molecule has 154 valence electrons. The van der Waals surface area contributed by atoms with E-state index in [1.54, 1.807) is 0 Å². The van der Waals surface area contributed by atoms with Crippen molar-refractivity contribution in [3.63, 3.8) is 0 Å². The molecule has 30 heavy (non-hydrogen) atoms. The minimum Gasteiger partial charge on any atom is -0.359 e. The highest BCUT2D eigenvalue weighted by Crippen LogP contribution is 2.49. The van der Waals surface area contributed by atoms with Crippen molar-refractivity contribution >= 4 is 17.5 Å². The number of benzene rings is 2. The topological polar surface area (TPSA) is 47.4 Å². The second-order valence-corrected chi connectivity index (χ2v) is 9.08. The number of amides is 1. The van der Waals surface area contributed by atoms with E-state index in [0.29, 0.717) is 31.2 Å². The van der Waals surface area contributed by atoms with Crippen LogP contribution in [0.4, 0.5) is 0 Å². The first kappa shape index (κ1) is 19.3. The average Bonchev–Trinajstić information content (AvgIpc) is 3.41. The molecule has 0 spiro atoms. The molecule has 1 saturated heterocycles. The van der Waals surface area contributed by atoms with Gasteiger partial charge in [-0.15, -0.1) is 0 Å². The maximum absolute atomic E-state index is 13.2. The van der Waals surface area contributed by atoms with Gasteiger partial charge in [-0.05, 0) is 43.5 Å². The van der Waals surface area contributed by atoms with Gasteiger partial charge >= 0.3 is 0 Å². The fourth-order valence-corrected chi connectivity index (χ4v) is 5.00. The fourth-order valence-electron chi connectivity index (χ4n) is 4.87. The molecule has 5 rings (SSSR count). The number of imidazole rings is 1. The van der Waals surface area contributed by atoms with E-state index in [1.165, 1.54) is 5.56 Å². The number of aromatic nitrogens is 2. The quantitative estimate of drug-likeness (QED) is 0.614. The molecule has 1 unspecified atom stereocenters. The van der Waals surface area contributed by atoms with Crippen LogP contribution in [0.5, 0.6) is 0 Å². The van der Waals surface area contributed by atoms with Gasteiger partial charge < -0.3 is 14.2 Å². The summed E-state index contributed by atoms with van der Waals surface area (Å²) in [5.74, 6) is 1.04. The number of hydrogen-bond donors (Lipinski definition) is 0. The molecule has 0 saturated carbocycles. The highest BCUT2D eigenvalue weighted by Gasteiger charge is 2.46. The predicted molar refractivity (Wildman–Crippen MR) is 116 cm³/mol. The molecular formula is C24H24ClN3O2. The zero-order valence-electron chi connectivity index (χ0n) is 17.1. The zero-order valence-corrected chi connectivity index (χ0v) is 17.9. The van der Waals surface area contributed by atoms with Gasteiger partial charge in [-0.25, -0.2) is 4.98 Å². The predicted octanol–water partition coefficient (Wildman–Crippen LogP) is 4.68. The molecule has 6 heteroatoms. The van der Waals surface area contributed by atoms with Gasteiger partial charge in [0.2, 0.25) is 5.91 Å². The number of ether oxygens (including phenoxy) is 1. The van der Waals surface area contributed by atoms with Crippen molar-refractivity contribution in [2.24, 2.45) is 0 Å². The molecule has 2 aliphatic heterocycles. The SMILES string of the molecule is CC1(C)COCN1C(=O)CCC1(c2ccc(Cl)cc2)c2ccccc2-c2nccn21. The number of fused-ring (bicyclic) bond motifs is 3. The van der Waals surface area contributed by atoms with Crippen LogP contribution in [0, 0.1) is 0 Å². The van der Waals surface area contributed by atoms with Crippen LogP contribution in [0.25, 0.3) is 11.4 Å².